The molecule has 2 aromatic carbocycles. The highest BCUT2D eigenvalue weighted by molar-refractivity contribution is 6.07. The number of carbonyl (C=O) groups excluding carboxylic acids is 2. The van der Waals surface area contributed by atoms with E-state index in [-0.39, 0.29) is 11.8 Å². The number of pyridine rings is 1. The van der Waals surface area contributed by atoms with E-state index in [2.05, 4.69) is 11.0 Å². The summed E-state index contributed by atoms with van der Waals surface area (Å²) >= 11 is 0. The second-order valence-corrected chi connectivity index (χ2v) is 9.57. The van der Waals surface area contributed by atoms with E-state index in [0.29, 0.717) is 39.4 Å². The van der Waals surface area contributed by atoms with Crippen LogP contribution in [0.2, 0.25) is 0 Å². The Morgan fingerprint density at radius 1 is 0.914 bits per heavy atom. The Morgan fingerprint density at radius 3 is 2.60 bits per heavy atom. The van der Waals surface area contributed by atoms with Crippen molar-refractivity contribution in [3.63, 3.8) is 0 Å². The molecule has 1 saturated heterocycles. The van der Waals surface area contributed by atoms with Crippen molar-refractivity contribution in [3.8, 4) is 0 Å². The van der Waals surface area contributed by atoms with Crippen molar-refractivity contribution < 1.29 is 14.3 Å². The lowest BCUT2D eigenvalue weighted by Crippen LogP contribution is -2.45. The van der Waals surface area contributed by atoms with Crippen LogP contribution in [-0.4, -0.2) is 72.5 Å². The fraction of sp³-hybridized carbons (Fsp3) is 0.393. The zero-order chi connectivity index (χ0) is 23.8. The number of ether oxygens (including phenoxy) is 1. The molecular weight excluding hydrogens is 440 g/mol. The first-order chi connectivity index (χ1) is 17.2. The van der Waals surface area contributed by atoms with Gasteiger partial charge in [-0.25, -0.2) is 0 Å². The highest BCUT2D eigenvalue weighted by Crippen LogP contribution is 2.31. The van der Waals surface area contributed by atoms with Gasteiger partial charge in [-0.05, 0) is 30.5 Å². The molecule has 180 valence electrons. The predicted molar refractivity (Wildman–Crippen MR) is 135 cm³/mol. The summed E-state index contributed by atoms with van der Waals surface area (Å²) in [5.41, 5.74) is 5.83. The van der Waals surface area contributed by atoms with Crippen LogP contribution in [0.3, 0.4) is 0 Å². The summed E-state index contributed by atoms with van der Waals surface area (Å²) in [6.45, 7) is 4.73. The van der Waals surface area contributed by atoms with E-state index in [9.17, 15) is 9.59 Å². The molecule has 7 nitrogen and oxygen atoms in total. The standard InChI is InChI=1S/C28H30N4O3/c33-26(32-12-5-7-20-6-1-4-10-25(20)32)19-30-13-11-24-22(18-30)27(21-8-2-3-9-23(21)29-24)28(34)31-14-16-35-17-15-31/h1-4,6,8-10H,5,7,11-19H2. The SMILES string of the molecule is O=C(c1c2c(nc3ccccc13)CCN(CC(=O)N1CCCc3ccccc31)C2)N1CCOCC1. The first-order valence-electron chi connectivity index (χ1n) is 12.6. The number of hydrogen-bond acceptors (Lipinski definition) is 5. The summed E-state index contributed by atoms with van der Waals surface area (Å²) in [5.74, 6) is 0.164. The number of morpholine rings is 1. The van der Waals surface area contributed by atoms with Crippen molar-refractivity contribution in [1.29, 1.82) is 0 Å². The summed E-state index contributed by atoms with van der Waals surface area (Å²) in [6.07, 6.45) is 2.73. The molecule has 1 aromatic heterocycles. The summed E-state index contributed by atoms with van der Waals surface area (Å²) in [7, 11) is 0. The van der Waals surface area contributed by atoms with Crippen LogP contribution >= 0.6 is 0 Å². The van der Waals surface area contributed by atoms with Crippen LogP contribution in [0.4, 0.5) is 5.69 Å². The van der Waals surface area contributed by atoms with Crippen LogP contribution in [0.15, 0.2) is 48.5 Å². The van der Waals surface area contributed by atoms with E-state index in [4.69, 9.17) is 9.72 Å². The Labute approximate surface area is 205 Å². The van der Waals surface area contributed by atoms with Gasteiger partial charge in [0.1, 0.15) is 0 Å². The van der Waals surface area contributed by atoms with Crippen LogP contribution in [0.25, 0.3) is 10.9 Å². The summed E-state index contributed by atoms with van der Waals surface area (Å²) in [6, 6.07) is 16.1. The van der Waals surface area contributed by atoms with Crippen molar-refractivity contribution >= 4 is 28.4 Å². The lowest BCUT2D eigenvalue weighted by Gasteiger charge is -2.34. The lowest BCUT2D eigenvalue weighted by molar-refractivity contribution is -0.120. The smallest absolute Gasteiger partial charge is 0.255 e. The van der Waals surface area contributed by atoms with Crippen LogP contribution in [-0.2, 0) is 28.9 Å². The molecule has 0 aliphatic carbocycles. The first-order valence-corrected chi connectivity index (χ1v) is 12.6. The zero-order valence-corrected chi connectivity index (χ0v) is 19.9. The van der Waals surface area contributed by atoms with Gasteiger partial charge >= 0.3 is 0 Å². The maximum atomic E-state index is 13.7. The maximum Gasteiger partial charge on any atom is 0.255 e. The lowest BCUT2D eigenvalue weighted by atomic mass is 9.94. The van der Waals surface area contributed by atoms with Crippen LogP contribution in [0.5, 0.6) is 0 Å². The van der Waals surface area contributed by atoms with Gasteiger partial charge in [-0.3, -0.25) is 19.5 Å². The monoisotopic (exact) mass is 470 g/mol. The third-order valence-corrected chi connectivity index (χ3v) is 7.41. The van der Waals surface area contributed by atoms with E-state index < -0.39 is 0 Å². The van der Waals surface area contributed by atoms with Crippen LogP contribution in [0.1, 0.15) is 33.6 Å². The minimum atomic E-state index is 0.0429. The number of aryl methyl sites for hydroxylation is 1. The third-order valence-electron chi connectivity index (χ3n) is 7.41. The molecular formula is C28H30N4O3. The molecule has 6 rings (SSSR count). The highest BCUT2D eigenvalue weighted by atomic mass is 16.5. The normalized spacial score (nSPS) is 18.3. The minimum absolute atomic E-state index is 0.0429. The molecule has 0 bridgehead atoms. The minimum Gasteiger partial charge on any atom is -0.378 e. The number of anilines is 1. The summed E-state index contributed by atoms with van der Waals surface area (Å²) < 4.78 is 5.47. The van der Waals surface area contributed by atoms with E-state index in [0.717, 1.165) is 65.8 Å². The number of fused-ring (bicyclic) bond motifs is 3. The molecule has 4 heterocycles. The Bertz CT molecular complexity index is 1280. The number of rotatable bonds is 3. The molecule has 35 heavy (non-hydrogen) atoms. The fourth-order valence-electron chi connectivity index (χ4n) is 5.62. The van der Waals surface area contributed by atoms with Crippen molar-refractivity contribution in [2.24, 2.45) is 0 Å². The van der Waals surface area contributed by atoms with Gasteiger partial charge in [0.25, 0.3) is 5.91 Å². The Balaban J connectivity index is 1.30. The zero-order valence-electron chi connectivity index (χ0n) is 19.9. The third kappa shape index (κ3) is 4.19. The molecule has 0 spiro atoms. The van der Waals surface area contributed by atoms with Gasteiger partial charge in [-0.15, -0.1) is 0 Å². The molecule has 0 radical (unpaired) electrons. The van der Waals surface area contributed by atoms with E-state index >= 15 is 0 Å². The van der Waals surface area contributed by atoms with Gasteiger partial charge in [0.15, 0.2) is 0 Å². The number of amides is 2. The van der Waals surface area contributed by atoms with Crippen molar-refractivity contribution in [3.05, 3.63) is 70.9 Å². The molecule has 7 heteroatoms. The van der Waals surface area contributed by atoms with Gasteiger partial charge in [-0.2, -0.15) is 0 Å². The number of hydrogen-bond donors (Lipinski definition) is 0. The van der Waals surface area contributed by atoms with Gasteiger partial charge in [0, 0.05) is 61.5 Å². The topological polar surface area (TPSA) is 66.0 Å². The average molecular weight is 471 g/mol. The maximum absolute atomic E-state index is 13.7. The molecule has 1 fully saturated rings. The Morgan fingerprint density at radius 2 is 1.71 bits per heavy atom. The molecule has 0 N–H and O–H groups in total. The van der Waals surface area contributed by atoms with Crippen molar-refractivity contribution in [1.82, 2.24) is 14.8 Å². The predicted octanol–water partition coefficient (Wildman–Crippen LogP) is 3.04. The number of benzene rings is 2. The summed E-state index contributed by atoms with van der Waals surface area (Å²) in [5, 5.41) is 0.890. The average Bonchev–Trinajstić information content (AvgIpc) is 2.91. The van der Waals surface area contributed by atoms with Crippen LogP contribution < -0.4 is 4.90 Å². The molecule has 3 aliphatic heterocycles. The fourth-order valence-corrected chi connectivity index (χ4v) is 5.62. The Hall–Kier alpha value is -3.29. The second-order valence-electron chi connectivity index (χ2n) is 9.57. The van der Waals surface area contributed by atoms with E-state index in [1.54, 1.807) is 0 Å². The van der Waals surface area contributed by atoms with Gasteiger partial charge in [0.2, 0.25) is 5.91 Å². The largest absolute Gasteiger partial charge is 0.378 e. The van der Waals surface area contributed by atoms with Crippen molar-refractivity contribution in [2.75, 3.05) is 50.8 Å². The molecule has 3 aliphatic rings. The summed E-state index contributed by atoms with van der Waals surface area (Å²) in [4.78, 5) is 38.1. The Kier molecular flexibility index (Phi) is 5.96. The molecule has 2 amide bonds. The van der Waals surface area contributed by atoms with Gasteiger partial charge < -0.3 is 14.5 Å². The number of aromatic nitrogens is 1. The van der Waals surface area contributed by atoms with Crippen LogP contribution in [0, 0.1) is 0 Å². The number of para-hydroxylation sites is 2. The number of nitrogens with zero attached hydrogens (tertiary/aromatic N) is 4. The molecule has 0 saturated carbocycles. The highest BCUT2D eigenvalue weighted by Gasteiger charge is 2.31. The van der Waals surface area contributed by atoms with Crippen molar-refractivity contribution in [2.45, 2.75) is 25.8 Å². The molecule has 3 aromatic rings. The van der Waals surface area contributed by atoms with Gasteiger partial charge in [0.05, 0.1) is 30.8 Å². The van der Waals surface area contributed by atoms with E-state index in [1.165, 1.54) is 5.56 Å². The second kappa shape index (κ2) is 9.40. The molecule has 0 atom stereocenters. The first kappa shape index (κ1) is 22.2. The number of carbonyl (C=O) groups is 2. The quantitative estimate of drug-likeness (QED) is 0.589. The van der Waals surface area contributed by atoms with E-state index in [1.807, 2.05) is 52.3 Å². The van der Waals surface area contributed by atoms with Gasteiger partial charge in [-0.1, -0.05) is 36.4 Å². The molecule has 0 unspecified atom stereocenters.